The molecule has 40 heavy (non-hydrogen) atoms. The molecule has 1 N–H and O–H groups in total. The third-order valence-corrected chi connectivity index (χ3v) is 8.90. The van der Waals surface area contributed by atoms with Gasteiger partial charge in [-0.2, -0.15) is 0 Å². The third kappa shape index (κ3) is 7.78. The second-order valence-electron chi connectivity index (χ2n) is 12.3. The van der Waals surface area contributed by atoms with E-state index < -0.39 is 0 Å². The van der Waals surface area contributed by atoms with Crippen molar-refractivity contribution in [1.29, 1.82) is 0 Å². The van der Waals surface area contributed by atoms with Crippen molar-refractivity contribution < 1.29 is 19.1 Å². The van der Waals surface area contributed by atoms with Gasteiger partial charge in [-0.05, 0) is 75.5 Å². The molecular formula is C32H50N4O4. The number of aryl methyl sites for hydroxylation is 2. The number of aromatic nitrogens is 1. The second-order valence-corrected chi connectivity index (χ2v) is 12.3. The number of rotatable bonds is 12. The minimum Gasteiger partial charge on any atom is -0.410 e. The summed E-state index contributed by atoms with van der Waals surface area (Å²) in [7, 11) is 3.66. The standard InChI is InChI=1S/C32H50N4O4/c1-23(2)36(22-27-19-33-18-26(27)21-34(4)31(37)16-25-10-7-6-8-11-25)32(38)40-28-12-13-29-24(3)20-35(30(29)17-28)14-9-15-39-5/h12-13,17,20,23,25-27,33H,6-11,14-16,18-19,21-22H2,1-5H3/t26-,27-/m0/s1. The van der Waals surface area contributed by atoms with Crippen LogP contribution in [0.2, 0.25) is 0 Å². The number of carbonyl (C=O) groups is 2. The number of hydrogen-bond acceptors (Lipinski definition) is 5. The van der Waals surface area contributed by atoms with Crippen LogP contribution in [0.1, 0.15) is 64.4 Å². The number of benzene rings is 1. The topological polar surface area (TPSA) is 76.0 Å². The monoisotopic (exact) mass is 554 g/mol. The molecule has 1 aromatic heterocycles. The van der Waals surface area contributed by atoms with E-state index in [1.807, 2.05) is 48.9 Å². The van der Waals surface area contributed by atoms with Gasteiger partial charge >= 0.3 is 6.09 Å². The predicted molar refractivity (Wildman–Crippen MR) is 160 cm³/mol. The fraction of sp³-hybridized carbons (Fsp3) is 0.688. The first-order valence-electron chi connectivity index (χ1n) is 15.3. The van der Waals surface area contributed by atoms with Crippen LogP contribution >= 0.6 is 0 Å². The van der Waals surface area contributed by atoms with E-state index in [1.54, 1.807) is 7.11 Å². The lowest BCUT2D eigenvalue weighted by Crippen LogP contribution is -2.45. The molecule has 2 aliphatic rings. The number of amides is 2. The Morgan fingerprint density at radius 3 is 2.52 bits per heavy atom. The summed E-state index contributed by atoms with van der Waals surface area (Å²) >= 11 is 0. The number of carbonyl (C=O) groups excluding carboxylic acids is 2. The molecule has 1 saturated carbocycles. The largest absolute Gasteiger partial charge is 0.415 e. The molecule has 4 rings (SSSR count). The van der Waals surface area contributed by atoms with Gasteiger partial charge in [-0.25, -0.2) is 4.79 Å². The van der Waals surface area contributed by atoms with Crippen LogP contribution < -0.4 is 10.1 Å². The summed E-state index contributed by atoms with van der Waals surface area (Å²) in [4.78, 5) is 30.1. The highest BCUT2D eigenvalue weighted by molar-refractivity contribution is 5.86. The van der Waals surface area contributed by atoms with Gasteiger partial charge in [0.25, 0.3) is 0 Å². The van der Waals surface area contributed by atoms with Gasteiger partial charge in [0.15, 0.2) is 0 Å². The Kier molecular flexibility index (Phi) is 10.9. The molecule has 2 heterocycles. The van der Waals surface area contributed by atoms with Crippen molar-refractivity contribution in [2.24, 2.45) is 17.8 Å². The molecule has 1 saturated heterocycles. The van der Waals surface area contributed by atoms with Crippen LogP contribution in [0.5, 0.6) is 5.75 Å². The van der Waals surface area contributed by atoms with Crippen molar-refractivity contribution in [3.63, 3.8) is 0 Å². The summed E-state index contributed by atoms with van der Waals surface area (Å²) in [5, 5.41) is 4.67. The molecule has 2 aromatic rings. The number of nitrogens with one attached hydrogen (secondary N) is 1. The first kappa shape index (κ1) is 30.4. The highest BCUT2D eigenvalue weighted by atomic mass is 16.6. The SMILES string of the molecule is COCCCn1cc(C)c2ccc(OC(=O)N(C[C@@H]3CNC[C@H]3CN(C)C(=O)CC3CCCCC3)C(C)C)cc21. The van der Waals surface area contributed by atoms with Crippen molar-refractivity contribution in [2.45, 2.75) is 78.3 Å². The minimum absolute atomic E-state index is 0.00305. The highest BCUT2D eigenvalue weighted by Gasteiger charge is 2.33. The Morgan fingerprint density at radius 1 is 1.10 bits per heavy atom. The number of nitrogens with zero attached hydrogens (tertiary/aromatic N) is 3. The fourth-order valence-corrected chi connectivity index (χ4v) is 6.45. The summed E-state index contributed by atoms with van der Waals surface area (Å²) < 4.78 is 13.4. The average Bonchev–Trinajstić information content (AvgIpc) is 3.50. The Hall–Kier alpha value is -2.58. The van der Waals surface area contributed by atoms with Crippen LogP contribution in [0.25, 0.3) is 10.9 Å². The Balaban J connectivity index is 1.37. The molecule has 0 radical (unpaired) electrons. The van der Waals surface area contributed by atoms with Crippen LogP contribution in [0, 0.1) is 24.7 Å². The van der Waals surface area contributed by atoms with Crippen LogP contribution in [0.15, 0.2) is 24.4 Å². The first-order valence-corrected chi connectivity index (χ1v) is 15.3. The summed E-state index contributed by atoms with van der Waals surface area (Å²) in [5.41, 5.74) is 2.27. The van der Waals surface area contributed by atoms with Crippen LogP contribution in [-0.4, -0.2) is 79.4 Å². The fourth-order valence-electron chi connectivity index (χ4n) is 6.45. The molecule has 8 heteroatoms. The van der Waals surface area contributed by atoms with Gasteiger partial charge in [0, 0.05) is 83.6 Å². The van der Waals surface area contributed by atoms with Gasteiger partial charge in [0.05, 0.1) is 5.52 Å². The second kappa shape index (κ2) is 14.4. The Labute approximate surface area is 240 Å². The zero-order valence-corrected chi connectivity index (χ0v) is 25.3. The molecule has 0 bridgehead atoms. The Bertz CT molecular complexity index is 1120. The molecule has 1 aliphatic carbocycles. The van der Waals surface area contributed by atoms with E-state index in [4.69, 9.17) is 9.47 Å². The molecule has 8 nitrogen and oxygen atoms in total. The molecule has 1 aromatic carbocycles. The Morgan fingerprint density at radius 2 is 1.82 bits per heavy atom. The molecule has 2 amide bonds. The summed E-state index contributed by atoms with van der Waals surface area (Å²) in [6, 6.07) is 5.90. The quantitative estimate of drug-likeness (QED) is 0.353. The first-order chi connectivity index (χ1) is 19.3. The summed E-state index contributed by atoms with van der Waals surface area (Å²) in [6.45, 7) is 10.8. The molecular weight excluding hydrogens is 504 g/mol. The van der Waals surface area contributed by atoms with Crippen molar-refractivity contribution in [3.05, 3.63) is 30.0 Å². The maximum absolute atomic E-state index is 13.4. The van der Waals surface area contributed by atoms with E-state index in [2.05, 4.69) is 23.0 Å². The maximum Gasteiger partial charge on any atom is 0.415 e. The van der Waals surface area contributed by atoms with Gasteiger partial charge in [-0.1, -0.05) is 19.3 Å². The van der Waals surface area contributed by atoms with Crippen molar-refractivity contribution in [2.75, 3.05) is 46.9 Å². The lowest BCUT2D eigenvalue weighted by atomic mass is 9.86. The van der Waals surface area contributed by atoms with E-state index in [-0.39, 0.29) is 24.0 Å². The molecule has 222 valence electrons. The molecule has 2 atom stereocenters. The molecule has 2 fully saturated rings. The smallest absolute Gasteiger partial charge is 0.410 e. The van der Waals surface area contributed by atoms with E-state index in [0.29, 0.717) is 37.2 Å². The van der Waals surface area contributed by atoms with E-state index in [1.165, 1.54) is 43.1 Å². The maximum atomic E-state index is 13.4. The lowest BCUT2D eigenvalue weighted by molar-refractivity contribution is -0.131. The van der Waals surface area contributed by atoms with Crippen molar-refractivity contribution in [1.82, 2.24) is 19.7 Å². The van der Waals surface area contributed by atoms with E-state index in [0.717, 1.165) is 38.1 Å². The average molecular weight is 555 g/mol. The normalized spacial score (nSPS) is 19.9. The number of methoxy groups -OCH3 is 1. The third-order valence-electron chi connectivity index (χ3n) is 8.90. The molecule has 0 unspecified atom stereocenters. The number of hydrogen-bond donors (Lipinski definition) is 1. The predicted octanol–water partition coefficient (Wildman–Crippen LogP) is 5.46. The van der Waals surface area contributed by atoms with Gasteiger partial charge in [0.1, 0.15) is 5.75 Å². The molecule has 1 aliphatic heterocycles. The van der Waals surface area contributed by atoms with E-state index >= 15 is 0 Å². The zero-order valence-electron chi connectivity index (χ0n) is 25.3. The lowest BCUT2D eigenvalue weighted by Gasteiger charge is -2.32. The zero-order chi connectivity index (χ0) is 28.6. The van der Waals surface area contributed by atoms with Gasteiger partial charge in [0.2, 0.25) is 5.91 Å². The minimum atomic E-state index is -0.323. The van der Waals surface area contributed by atoms with E-state index in [9.17, 15) is 9.59 Å². The molecule has 0 spiro atoms. The number of fused-ring (bicyclic) bond motifs is 1. The van der Waals surface area contributed by atoms with Crippen LogP contribution in [-0.2, 0) is 16.1 Å². The van der Waals surface area contributed by atoms with Crippen molar-refractivity contribution >= 4 is 22.9 Å². The summed E-state index contributed by atoms with van der Waals surface area (Å²) in [5.74, 6) is 1.94. The van der Waals surface area contributed by atoms with Crippen LogP contribution in [0.3, 0.4) is 0 Å². The van der Waals surface area contributed by atoms with Gasteiger partial charge in [-0.3, -0.25) is 4.79 Å². The van der Waals surface area contributed by atoms with Gasteiger partial charge < -0.3 is 29.2 Å². The van der Waals surface area contributed by atoms with Crippen LogP contribution in [0.4, 0.5) is 4.79 Å². The number of ether oxygens (including phenoxy) is 2. The summed E-state index contributed by atoms with van der Waals surface area (Å²) in [6.07, 6.45) is 9.61. The van der Waals surface area contributed by atoms with Gasteiger partial charge in [-0.15, -0.1) is 0 Å². The van der Waals surface area contributed by atoms with Crippen molar-refractivity contribution in [3.8, 4) is 5.75 Å². The highest BCUT2D eigenvalue weighted by Crippen LogP contribution is 2.29.